The van der Waals surface area contributed by atoms with Crippen LogP contribution in [0.1, 0.15) is 0 Å². The minimum atomic E-state index is -0.130. The first-order valence-electron chi connectivity index (χ1n) is 1.35. The number of hydrogen-bond acceptors (Lipinski definition) is 0. The maximum absolute atomic E-state index is 3.74. The summed E-state index contributed by atoms with van der Waals surface area (Å²) in [6.07, 6.45) is 3.74. The average molecular weight is 180 g/mol. The van der Waals surface area contributed by atoms with Gasteiger partial charge in [-0.2, -0.15) is 0 Å². The van der Waals surface area contributed by atoms with Gasteiger partial charge in [-0.3, -0.25) is 0 Å². The SMILES string of the molecule is C=[PH](C)C.[CH3-].[Y]. The van der Waals surface area contributed by atoms with Crippen LogP contribution in [0.4, 0.5) is 0 Å². The zero-order valence-corrected chi connectivity index (χ0v) is 8.62. The van der Waals surface area contributed by atoms with Crippen molar-refractivity contribution in [1.29, 1.82) is 0 Å². The summed E-state index contributed by atoms with van der Waals surface area (Å²) in [5.74, 6) is 0. The van der Waals surface area contributed by atoms with Crippen LogP contribution in [0.15, 0.2) is 0 Å². The first-order chi connectivity index (χ1) is 1.73. The molecule has 0 heterocycles. The second-order valence-corrected chi connectivity index (χ2v) is 3.62. The van der Waals surface area contributed by atoms with Crippen LogP contribution in [-0.4, -0.2) is 19.6 Å². The molecule has 6 heavy (non-hydrogen) atoms. The largest absolute Gasteiger partial charge is 0.358 e. The Morgan fingerprint density at radius 2 is 1.33 bits per heavy atom. The van der Waals surface area contributed by atoms with Gasteiger partial charge in [-0.25, -0.2) is 0 Å². The van der Waals surface area contributed by atoms with Crippen molar-refractivity contribution in [3.05, 3.63) is 7.43 Å². The summed E-state index contributed by atoms with van der Waals surface area (Å²) in [5, 5.41) is 0. The fourth-order valence-corrected chi connectivity index (χ4v) is 0. The Balaban J connectivity index is -0.0000000450. The molecular formula is C4H12PY-. The van der Waals surface area contributed by atoms with Crippen molar-refractivity contribution >= 4 is 13.8 Å². The predicted molar refractivity (Wildman–Crippen MR) is 33.7 cm³/mol. The molecule has 0 fully saturated rings. The Bertz CT molecular complexity index is 30.5. The minimum Gasteiger partial charge on any atom is -0.358 e. The van der Waals surface area contributed by atoms with E-state index in [0.717, 1.165) is 0 Å². The molecule has 0 atom stereocenters. The zero-order valence-electron chi connectivity index (χ0n) is 4.78. The summed E-state index contributed by atoms with van der Waals surface area (Å²) in [6.45, 7) is 4.31. The fraction of sp³-hybridized carbons (Fsp3) is 0.500. The van der Waals surface area contributed by atoms with Gasteiger partial charge < -0.3 is 7.43 Å². The summed E-state index contributed by atoms with van der Waals surface area (Å²) in [5.41, 5.74) is 0. The van der Waals surface area contributed by atoms with Gasteiger partial charge in [-0.15, -0.1) is 13.8 Å². The van der Waals surface area contributed by atoms with E-state index < -0.39 is 0 Å². The van der Waals surface area contributed by atoms with E-state index in [2.05, 4.69) is 19.6 Å². The molecule has 0 aromatic rings. The Morgan fingerprint density at radius 3 is 1.33 bits per heavy atom. The molecule has 37 valence electrons. The molecule has 0 rings (SSSR count). The number of hydrogen-bond donors (Lipinski definition) is 0. The summed E-state index contributed by atoms with van der Waals surface area (Å²) in [7, 11) is -0.130. The van der Waals surface area contributed by atoms with Gasteiger partial charge in [0, 0.05) is 32.7 Å². The molecule has 0 aromatic carbocycles. The minimum absolute atomic E-state index is 0. The summed E-state index contributed by atoms with van der Waals surface area (Å²) < 4.78 is 0. The fourth-order valence-electron chi connectivity index (χ4n) is 0. The van der Waals surface area contributed by atoms with E-state index >= 15 is 0 Å². The Kier molecular flexibility index (Phi) is 25.2. The number of rotatable bonds is 0. The third kappa shape index (κ3) is 53.2. The van der Waals surface area contributed by atoms with Crippen molar-refractivity contribution in [2.75, 3.05) is 13.3 Å². The predicted octanol–water partition coefficient (Wildman–Crippen LogP) is 1.34. The van der Waals surface area contributed by atoms with E-state index in [-0.39, 0.29) is 47.7 Å². The van der Waals surface area contributed by atoms with Crippen LogP contribution < -0.4 is 0 Å². The molecule has 2 heteroatoms. The van der Waals surface area contributed by atoms with Crippen LogP contribution in [0.5, 0.6) is 0 Å². The third-order valence-electron chi connectivity index (χ3n) is 0. The second-order valence-electron chi connectivity index (χ2n) is 1.21. The Morgan fingerprint density at radius 1 is 1.33 bits per heavy atom. The quantitative estimate of drug-likeness (QED) is 0.389. The van der Waals surface area contributed by atoms with Crippen LogP contribution >= 0.6 is 7.55 Å². The maximum atomic E-state index is 3.74. The first-order valence-corrected chi connectivity index (χ1v) is 4.06. The van der Waals surface area contributed by atoms with E-state index in [4.69, 9.17) is 0 Å². The molecule has 0 spiro atoms. The second kappa shape index (κ2) is 9.64. The van der Waals surface area contributed by atoms with Crippen molar-refractivity contribution < 1.29 is 32.7 Å². The van der Waals surface area contributed by atoms with Crippen molar-refractivity contribution in [1.82, 2.24) is 0 Å². The van der Waals surface area contributed by atoms with E-state index in [1.54, 1.807) is 0 Å². The van der Waals surface area contributed by atoms with Crippen LogP contribution in [0.25, 0.3) is 0 Å². The molecule has 0 amide bonds. The van der Waals surface area contributed by atoms with Crippen LogP contribution in [0, 0.1) is 7.43 Å². The molecule has 0 unspecified atom stereocenters. The van der Waals surface area contributed by atoms with E-state index in [1.807, 2.05) is 0 Å². The monoisotopic (exact) mass is 180 g/mol. The summed E-state index contributed by atoms with van der Waals surface area (Å²) >= 11 is 0. The average Bonchev–Trinajstić information content (AvgIpc) is 0.811. The molecule has 0 bridgehead atoms. The van der Waals surface area contributed by atoms with Gasteiger partial charge in [-0.05, 0) is 13.3 Å². The van der Waals surface area contributed by atoms with Gasteiger partial charge in [-0.1, -0.05) is 0 Å². The third-order valence-corrected chi connectivity index (χ3v) is 0. The molecule has 0 saturated carbocycles. The molecule has 0 aliphatic carbocycles. The van der Waals surface area contributed by atoms with Crippen LogP contribution in [0.3, 0.4) is 0 Å². The standard InChI is InChI=1S/C3H9P.CH3.Y/c1-4(2)3;;/h4H,1H2,2-3H3;1H3;/q;-1;. The van der Waals surface area contributed by atoms with Gasteiger partial charge in [0.2, 0.25) is 0 Å². The van der Waals surface area contributed by atoms with Gasteiger partial charge >= 0.3 is 0 Å². The molecule has 1 radical (unpaired) electrons. The van der Waals surface area contributed by atoms with E-state index in [9.17, 15) is 0 Å². The van der Waals surface area contributed by atoms with Gasteiger partial charge in [0.1, 0.15) is 0 Å². The summed E-state index contributed by atoms with van der Waals surface area (Å²) in [6, 6.07) is 0. The topological polar surface area (TPSA) is 0 Å². The molecule has 0 N–H and O–H groups in total. The summed E-state index contributed by atoms with van der Waals surface area (Å²) in [4.78, 5) is 0. The molecule has 0 saturated heterocycles. The van der Waals surface area contributed by atoms with Crippen LogP contribution in [0.2, 0.25) is 0 Å². The van der Waals surface area contributed by atoms with Crippen molar-refractivity contribution in [2.24, 2.45) is 0 Å². The van der Waals surface area contributed by atoms with E-state index in [1.165, 1.54) is 0 Å². The maximum Gasteiger partial charge on any atom is 0 e. The van der Waals surface area contributed by atoms with E-state index in [0.29, 0.717) is 0 Å². The molecule has 0 aliphatic heterocycles. The van der Waals surface area contributed by atoms with Gasteiger partial charge in [0.15, 0.2) is 0 Å². The first kappa shape index (κ1) is 15.7. The zero-order chi connectivity index (χ0) is 3.58. The van der Waals surface area contributed by atoms with Crippen molar-refractivity contribution in [3.63, 3.8) is 0 Å². The normalized spacial score (nSPS) is 5.83. The smallest absolute Gasteiger partial charge is 0 e. The van der Waals surface area contributed by atoms with Crippen molar-refractivity contribution in [2.45, 2.75) is 0 Å². The Hall–Kier alpha value is 1.40. The van der Waals surface area contributed by atoms with Gasteiger partial charge in [0.05, 0.1) is 0 Å². The van der Waals surface area contributed by atoms with Crippen molar-refractivity contribution in [3.8, 4) is 0 Å². The van der Waals surface area contributed by atoms with Gasteiger partial charge in [0.25, 0.3) is 0 Å². The van der Waals surface area contributed by atoms with Crippen LogP contribution in [-0.2, 0) is 32.7 Å². The molecule has 0 aliphatic rings. The molecule has 0 nitrogen and oxygen atoms in total. The Labute approximate surface area is 67.0 Å². The molecular weight excluding hydrogens is 168 g/mol. The molecule has 0 aromatic heterocycles.